The van der Waals surface area contributed by atoms with Crippen molar-refractivity contribution in [1.29, 1.82) is 0 Å². The van der Waals surface area contributed by atoms with Crippen LogP contribution in [0, 0.1) is 0 Å². The maximum absolute atomic E-state index is 12.8. The van der Waals surface area contributed by atoms with E-state index in [2.05, 4.69) is 17.0 Å². The Labute approximate surface area is 137 Å². The molecular weight excluding hydrogens is 294 g/mol. The Hall–Kier alpha value is -1.40. The first-order valence-corrected chi connectivity index (χ1v) is 8.84. The second kappa shape index (κ2) is 7.93. The number of aromatic nitrogens is 1. The molecular formula is C17H27N3O3. The molecule has 0 bridgehead atoms. The second-order valence-corrected chi connectivity index (χ2v) is 6.50. The van der Waals surface area contributed by atoms with Gasteiger partial charge in [-0.05, 0) is 19.3 Å². The Bertz CT molecular complexity index is 505. The van der Waals surface area contributed by atoms with Gasteiger partial charge in [0.15, 0.2) is 11.5 Å². The van der Waals surface area contributed by atoms with Crippen molar-refractivity contribution in [3.8, 4) is 0 Å². The lowest BCUT2D eigenvalue weighted by Crippen LogP contribution is -2.39. The van der Waals surface area contributed by atoms with Crippen LogP contribution in [0.25, 0.3) is 0 Å². The van der Waals surface area contributed by atoms with E-state index in [9.17, 15) is 4.79 Å². The van der Waals surface area contributed by atoms with Gasteiger partial charge in [0.2, 0.25) is 0 Å². The summed E-state index contributed by atoms with van der Waals surface area (Å²) >= 11 is 0. The smallest absolute Gasteiger partial charge is 0.276 e. The SMILES string of the molecule is CCCN(C(=O)c1cc(CN2CCOCC2)on1)C1CCCC1. The molecule has 3 rings (SSSR count). The molecule has 0 unspecified atom stereocenters. The minimum Gasteiger partial charge on any atom is -0.379 e. The predicted molar refractivity (Wildman–Crippen MR) is 86.2 cm³/mol. The fraction of sp³-hybridized carbons (Fsp3) is 0.765. The molecule has 23 heavy (non-hydrogen) atoms. The number of hydrogen-bond donors (Lipinski definition) is 0. The van der Waals surface area contributed by atoms with Gasteiger partial charge in [-0.25, -0.2) is 0 Å². The molecule has 6 nitrogen and oxygen atoms in total. The average molecular weight is 321 g/mol. The topological polar surface area (TPSA) is 58.8 Å². The summed E-state index contributed by atoms with van der Waals surface area (Å²) in [5.41, 5.74) is 0.452. The van der Waals surface area contributed by atoms with Crippen molar-refractivity contribution >= 4 is 5.91 Å². The molecule has 2 fully saturated rings. The molecule has 1 saturated carbocycles. The quantitative estimate of drug-likeness (QED) is 0.804. The molecule has 0 atom stereocenters. The number of carbonyl (C=O) groups is 1. The van der Waals surface area contributed by atoms with Gasteiger partial charge < -0.3 is 14.2 Å². The third-order valence-corrected chi connectivity index (χ3v) is 4.75. The van der Waals surface area contributed by atoms with Crippen LogP contribution < -0.4 is 0 Å². The number of morpholine rings is 1. The molecule has 0 aromatic carbocycles. The molecule has 2 heterocycles. The number of carbonyl (C=O) groups excluding carboxylic acids is 1. The van der Waals surface area contributed by atoms with Crippen molar-refractivity contribution in [1.82, 2.24) is 15.0 Å². The van der Waals surface area contributed by atoms with E-state index in [1.54, 1.807) is 0 Å². The first-order valence-electron chi connectivity index (χ1n) is 8.84. The average Bonchev–Trinajstić information content (AvgIpc) is 3.25. The Kier molecular flexibility index (Phi) is 5.67. The summed E-state index contributed by atoms with van der Waals surface area (Å²) in [5, 5.41) is 4.03. The van der Waals surface area contributed by atoms with E-state index in [0.29, 0.717) is 18.3 Å². The summed E-state index contributed by atoms with van der Waals surface area (Å²) in [7, 11) is 0. The standard InChI is InChI=1S/C17H27N3O3/c1-2-7-20(14-5-3-4-6-14)17(21)16-12-15(23-18-16)13-19-8-10-22-11-9-19/h12,14H,2-11,13H2,1H3. The molecule has 1 aromatic rings. The minimum absolute atomic E-state index is 0.0238. The Balaban J connectivity index is 1.63. The monoisotopic (exact) mass is 321 g/mol. The molecule has 1 aliphatic heterocycles. The Morgan fingerprint density at radius 3 is 2.78 bits per heavy atom. The predicted octanol–water partition coefficient (Wildman–Crippen LogP) is 2.30. The fourth-order valence-corrected chi connectivity index (χ4v) is 3.52. The van der Waals surface area contributed by atoms with Crippen LogP contribution >= 0.6 is 0 Å². The van der Waals surface area contributed by atoms with E-state index in [-0.39, 0.29) is 5.91 Å². The van der Waals surface area contributed by atoms with Crippen LogP contribution in [0.5, 0.6) is 0 Å². The second-order valence-electron chi connectivity index (χ2n) is 6.50. The highest BCUT2D eigenvalue weighted by Crippen LogP contribution is 2.25. The van der Waals surface area contributed by atoms with Gasteiger partial charge >= 0.3 is 0 Å². The lowest BCUT2D eigenvalue weighted by atomic mass is 10.2. The number of amides is 1. The zero-order valence-electron chi connectivity index (χ0n) is 14.0. The third-order valence-electron chi connectivity index (χ3n) is 4.75. The van der Waals surface area contributed by atoms with Crippen LogP contribution in [0.1, 0.15) is 55.3 Å². The van der Waals surface area contributed by atoms with E-state index in [1.807, 2.05) is 11.0 Å². The molecule has 1 amide bonds. The van der Waals surface area contributed by atoms with Gasteiger partial charge in [-0.3, -0.25) is 9.69 Å². The van der Waals surface area contributed by atoms with Gasteiger partial charge in [0.05, 0.1) is 19.8 Å². The fourth-order valence-electron chi connectivity index (χ4n) is 3.52. The third kappa shape index (κ3) is 4.12. The number of hydrogen-bond acceptors (Lipinski definition) is 5. The summed E-state index contributed by atoms with van der Waals surface area (Å²) in [6.45, 7) is 6.91. The highest BCUT2D eigenvalue weighted by molar-refractivity contribution is 5.92. The lowest BCUT2D eigenvalue weighted by molar-refractivity contribution is 0.0305. The maximum Gasteiger partial charge on any atom is 0.276 e. The summed E-state index contributed by atoms with van der Waals surface area (Å²) in [6.07, 6.45) is 5.65. The van der Waals surface area contributed by atoms with Crippen molar-refractivity contribution in [2.24, 2.45) is 0 Å². The molecule has 6 heteroatoms. The minimum atomic E-state index is 0.0238. The number of ether oxygens (including phenoxy) is 1. The normalized spacial score (nSPS) is 20.0. The molecule has 1 saturated heterocycles. The summed E-state index contributed by atoms with van der Waals surface area (Å²) < 4.78 is 10.7. The van der Waals surface area contributed by atoms with Crippen LogP contribution in [0.15, 0.2) is 10.6 Å². The Morgan fingerprint density at radius 2 is 2.09 bits per heavy atom. The highest BCUT2D eigenvalue weighted by Gasteiger charge is 2.28. The van der Waals surface area contributed by atoms with E-state index >= 15 is 0 Å². The van der Waals surface area contributed by atoms with Crippen molar-refractivity contribution in [2.45, 2.75) is 51.6 Å². The van der Waals surface area contributed by atoms with Crippen molar-refractivity contribution in [2.75, 3.05) is 32.8 Å². The molecule has 1 aromatic heterocycles. The van der Waals surface area contributed by atoms with Gasteiger partial charge in [0.1, 0.15) is 0 Å². The van der Waals surface area contributed by atoms with Gasteiger partial charge in [0, 0.05) is 31.7 Å². The van der Waals surface area contributed by atoms with Crippen molar-refractivity contribution in [3.05, 3.63) is 17.5 Å². The highest BCUT2D eigenvalue weighted by atomic mass is 16.5. The molecule has 0 radical (unpaired) electrons. The first kappa shape index (κ1) is 16.5. The number of rotatable bonds is 6. The summed E-state index contributed by atoms with van der Waals surface area (Å²) in [6, 6.07) is 2.19. The van der Waals surface area contributed by atoms with Crippen LogP contribution in [-0.2, 0) is 11.3 Å². The lowest BCUT2D eigenvalue weighted by Gasteiger charge is -2.27. The van der Waals surface area contributed by atoms with Gasteiger partial charge in [0.25, 0.3) is 5.91 Å². The summed E-state index contributed by atoms with van der Waals surface area (Å²) in [5.74, 6) is 0.786. The van der Waals surface area contributed by atoms with Gasteiger partial charge in [-0.15, -0.1) is 0 Å². The zero-order chi connectivity index (χ0) is 16.1. The molecule has 0 spiro atoms. The van der Waals surface area contributed by atoms with Crippen LogP contribution in [0.3, 0.4) is 0 Å². The molecule has 128 valence electrons. The Morgan fingerprint density at radius 1 is 1.35 bits per heavy atom. The molecule has 1 aliphatic carbocycles. The van der Waals surface area contributed by atoms with E-state index in [1.165, 1.54) is 12.8 Å². The molecule has 2 aliphatic rings. The van der Waals surface area contributed by atoms with Crippen LogP contribution in [0.2, 0.25) is 0 Å². The van der Waals surface area contributed by atoms with Crippen molar-refractivity contribution in [3.63, 3.8) is 0 Å². The van der Waals surface area contributed by atoms with Crippen LogP contribution in [0.4, 0.5) is 0 Å². The van der Waals surface area contributed by atoms with Crippen molar-refractivity contribution < 1.29 is 14.1 Å². The summed E-state index contributed by atoms with van der Waals surface area (Å²) in [4.78, 5) is 17.1. The van der Waals surface area contributed by atoms with Gasteiger partial charge in [-0.1, -0.05) is 24.9 Å². The molecule has 0 N–H and O–H groups in total. The van der Waals surface area contributed by atoms with E-state index in [4.69, 9.17) is 9.26 Å². The zero-order valence-corrected chi connectivity index (χ0v) is 14.0. The van der Waals surface area contributed by atoms with Crippen LogP contribution in [-0.4, -0.2) is 59.8 Å². The largest absolute Gasteiger partial charge is 0.379 e. The van der Waals surface area contributed by atoms with Gasteiger partial charge in [-0.2, -0.15) is 0 Å². The number of nitrogens with zero attached hydrogens (tertiary/aromatic N) is 3. The first-order chi connectivity index (χ1) is 11.3. The van der Waals surface area contributed by atoms with E-state index < -0.39 is 0 Å². The maximum atomic E-state index is 12.8. The van der Waals surface area contributed by atoms with E-state index in [0.717, 1.165) is 57.9 Å².